The highest BCUT2D eigenvalue weighted by molar-refractivity contribution is 5.76. The van der Waals surface area contributed by atoms with E-state index in [0.717, 1.165) is 49.1 Å². The van der Waals surface area contributed by atoms with Crippen molar-refractivity contribution in [1.29, 1.82) is 0 Å². The molecule has 4 rings (SSSR count). The van der Waals surface area contributed by atoms with Gasteiger partial charge in [0.2, 0.25) is 5.91 Å². The third-order valence-corrected chi connectivity index (χ3v) is 5.90. The Morgan fingerprint density at radius 1 is 1.33 bits per heavy atom. The van der Waals surface area contributed by atoms with Crippen LogP contribution in [0.5, 0.6) is 5.75 Å². The summed E-state index contributed by atoms with van der Waals surface area (Å²) in [5.74, 6) is 1.42. The highest BCUT2D eigenvalue weighted by Crippen LogP contribution is 2.32. The van der Waals surface area contributed by atoms with Crippen molar-refractivity contribution in [3.63, 3.8) is 0 Å². The lowest BCUT2D eigenvalue weighted by Crippen LogP contribution is -2.51. The van der Waals surface area contributed by atoms with Crippen LogP contribution in [-0.4, -0.2) is 58.0 Å². The molecule has 2 aromatic rings. The van der Waals surface area contributed by atoms with Gasteiger partial charge in [-0.2, -0.15) is 0 Å². The fourth-order valence-electron chi connectivity index (χ4n) is 3.96. The normalized spacial score (nSPS) is 23.9. The summed E-state index contributed by atoms with van der Waals surface area (Å²) < 4.78 is 13.2. The number of aromatic nitrogens is 3. The Morgan fingerprint density at radius 2 is 2.20 bits per heavy atom. The molecule has 0 radical (unpaired) electrons. The summed E-state index contributed by atoms with van der Waals surface area (Å²) in [5, 5.41) is 21.3. The van der Waals surface area contributed by atoms with E-state index >= 15 is 0 Å². The van der Waals surface area contributed by atoms with E-state index in [4.69, 9.17) is 9.47 Å². The number of carbonyl (C=O) groups is 1. The molecule has 1 amide bonds. The van der Waals surface area contributed by atoms with Gasteiger partial charge in [0.15, 0.2) is 0 Å². The van der Waals surface area contributed by atoms with Gasteiger partial charge in [-0.1, -0.05) is 17.3 Å². The van der Waals surface area contributed by atoms with E-state index in [9.17, 15) is 9.90 Å². The van der Waals surface area contributed by atoms with E-state index in [-0.39, 0.29) is 30.8 Å². The molecule has 1 aromatic heterocycles. The van der Waals surface area contributed by atoms with E-state index in [1.807, 2.05) is 35.1 Å². The number of methoxy groups -OCH3 is 1. The molecular formula is C22H30N4O4. The summed E-state index contributed by atoms with van der Waals surface area (Å²) in [5.41, 5.74) is 1.75. The zero-order valence-corrected chi connectivity index (χ0v) is 17.4. The number of aliphatic hydroxyl groups excluding tert-OH is 1. The van der Waals surface area contributed by atoms with Crippen molar-refractivity contribution in [1.82, 2.24) is 20.3 Å². The molecule has 1 aliphatic heterocycles. The Morgan fingerprint density at radius 3 is 2.97 bits per heavy atom. The maximum atomic E-state index is 12.1. The van der Waals surface area contributed by atoms with Crippen LogP contribution in [0.4, 0.5) is 0 Å². The molecule has 0 unspecified atom stereocenters. The minimum Gasteiger partial charge on any atom is -0.497 e. The molecular weight excluding hydrogens is 384 g/mol. The number of benzene rings is 1. The second-order valence-electron chi connectivity index (χ2n) is 8.27. The van der Waals surface area contributed by atoms with Crippen molar-refractivity contribution < 1.29 is 19.4 Å². The lowest BCUT2D eigenvalue weighted by Gasteiger charge is -2.36. The number of amides is 1. The summed E-state index contributed by atoms with van der Waals surface area (Å²) >= 11 is 0. The van der Waals surface area contributed by atoms with Crippen molar-refractivity contribution in [2.45, 2.75) is 63.3 Å². The molecule has 2 aliphatic rings. The maximum Gasteiger partial charge on any atom is 0.220 e. The number of ether oxygens (including phenoxy) is 2. The Hall–Kier alpha value is -2.45. The topological polar surface area (TPSA) is 98.5 Å². The van der Waals surface area contributed by atoms with Crippen molar-refractivity contribution >= 4 is 5.91 Å². The molecule has 1 aromatic carbocycles. The van der Waals surface area contributed by atoms with Gasteiger partial charge < -0.3 is 19.9 Å². The predicted octanol–water partition coefficient (Wildman–Crippen LogP) is 2.17. The van der Waals surface area contributed by atoms with Gasteiger partial charge in [-0.05, 0) is 50.2 Å². The van der Waals surface area contributed by atoms with E-state index in [1.165, 1.54) is 0 Å². The summed E-state index contributed by atoms with van der Waals surface area (Å²) in [7, 11) is 1.64. The predicted molar refractivity (Wildman–Crippen MR) is 111 cm³/mol. The second-order valence-corrected chi connectivity index (χ2v) is 8.27. The smallest absolute Gasteiger partial charge is 0.220 e. The van der Waals surface area contributed by atoms with E-state index < -0.39 is 0 Å². The minimum atomic E-state index is -0.352. The average molecular weight is 415 g/mol. The van der Waals surface area contributed by atoms with E-state index in [0.29, 0.717) is 18.9 Å². The first-order chi connectivity index (χ1) is 14.6. The lowest BCUT2D eigenvalue weighted by atomic mass is 9.97. The second kappa shape index (κ2) is 9.57. The third kappa shape index (κ3) is 5.37. The molecule has 8 nitrogen and oxygen atoms in total. The van der Waals surface area contributed by atoms with Crippen LogP contribution in [0.15, 0.2) is 30.5 Å². The molecule has 3 atom stereocenters. The zero-order valence-electron chi connectivity index (χ0n) is 17.4. The number of hydrogen-bond donors (Lipinski definition) is 2. The van der Waals surface area contributed by atoms with Crippen LogP contribution in [0.3, 0.4) is 0 Å². The molecule has 8 heteroatoms. The number of aliphatic hydroxyl groups is 1. The Labute approximate surface area is 176 Å². The van der Waals surface area contributed by atoms with Gasteiger partial charge in [0.25, 0.3) is 0 Å². The average Bonchev–Trinajstić information content (AvgIpc) is 3.45. The summed E-state index contributed by atoms with van der Waals surface area (Å²) in [6.45, 7) is 0.590. The van der Waals surface area contributed by atoms with Crippen molar-refractivity contribution in [2.75, 3.05) is 13.7 Å². The van der Waals surface area contributed by atoms with Crippen LogP contribution in [-0.2, 0) is 16.1 Å². The molecule has 0 bridgehead atoms. The number of aryl methyl sites for hydroxylation is 1. The zero-order chi connectivity index (χ0) is 20.9. The van der Waals surface area contributed by atoms with Crippen molar-refractivity contribution in [3.8, 4) is 17.0 Å². The number of hydrogen-bond acceptors (Lipinski definition) is 6. The van der Waals surface area contributed by atoms with Crippen molar-refractivity contribution in [2.24, 2.45) is 5.92 Å². The van der Waals surface area contributed by atoms with Crippen LogP contribution in [0.2, 0.25) is 0 Å². The van der Waals surface area contributed by atoms with Crippen LogP contribution in [0.1, 0.15) is 38.5 Å². The summed E-state index contributed by atoms with van der Waals surface area (Å²) in [6.07, 6.45) is 6.95. The number of nitrogens with one attached hydrogen (secondary N) is 1. The first kappa shape index (κ1) is 20.8. The lowest BCUT2D eigenvalue weighted by molar-refractivity contribution is -0.129. The first-order valence-corrected chi connectivity index (χ1v) is 10.7. The molecule has 1 aliphatic carbocycles. The first-order valence-electron chi connectivity index (χ1n) is 10.7. The molecule has 1 saturated carbocycles. The molecule has 2 fully saturated rings. The van der Waals surface area contributed by atoms with Gasteiger partial charge in [0.1, 0.15) is 17.5 Å². The van der Waals surface area contributed by atoms with Gasteiger partial charge in [-0.15, -0.1) is 5.10 Å². The fraction of sp³-hybridized carbons (Fsp3) is 0.591. The monoisotopic (exact) mass is 414 g/mol. The summed E-state index contributed by atoms with van der Waals surface area (Å²) in [6, 6.07) is 7.63. The molecule has 2 N–H and O–H groups in total. The van der Waals surface area contributed by atoms with Crippen LogP contribution in [0.25, 0.3) is 11.3 Å². The quantitative estimate of drug-likeness (QED) is 0.653. The number of rotatable bonds is 9. The van der Waals surface area contributed by atoms with Gasteiger partial charge in [-0.3, -0.25) is 9.48 Å². The van der Waals surface area contributed by atoms with Crippen LogP contribution in [0, 0.1) is 5.92 Å². The van der Waals surface area contributed by atoms with Gasteiger partial charge >= 0.3 is 0 Å². The molecule has 2 heterocycles. The fourth-order valence-corrected chi connectivity index (χ4v) is 3.96. The Balaban J connectivity index is 1.27. The van der Waals surface area contributed by atoms with Crippen LogP contribution < -0.4 is 10.1 Å². The Kier molecular flexibility index (Phi) is 6.64. The number of carbonyl (C=O) groups excluding carboxylic acids is 1. The van der Waals surface area contributed by atoms with Gasteiger partial charge in [0, 0.05) is 18.5 Å². The largest absolute Gasteiger partial charge is 0.497 e. The van der Waals surface area contributed by atoms with E-state index in [2.05, 4.69) is 15.6 Å². The van der Waals surface area contributed by atoms with Crippen LogP contribution >= 0.6 is 0 Å². The maximum absolute atomic E-state index is 12.1. The number of nitrogens with zero attached hydrogens (tertiary/aromatic N) is 3. The van der Waals surface area contributed by atoms with Gasteiger partial charge in [0.05, 0.1) is 32.1 Å². The molecule has 1 saturated heterocycles. The Bertz CT molecular complexity index is 851. The third-order valence-electron chi connectivity index (χ3n) is 5.90. The molecule has 162 valence electrons. The van der Waals surface area contributed by atoms with Gasteiger partial charge in [-0.25, -0.2) is 0 Å². The molecule has 0 spiro atoms. The van der Waals surface area contributed by atoms with E-state index in [1.54, 1.807) is 7.11 Å². The molecule has 30 heavy (non-hydrogen) atoms. The van der Waals surface area contributed by atoms with Crippen molar-refractivity contribution in [3.05, 3.63) is 30.5 Å². The minimum absolute atomic E-state index is 0.0307. The summed E-state index contributed by atoms with van der Waals surface area (Å²) in [4.78, 5) is 12.1. The standard InChI is InChI=1S/C22H30N4O4/c1-29-18-4-2-3-16(12-18)20-13-26(25-24-20)10-9-17-7-8-19(21(14-27)30-17)23-22(28)11-15-5-6-15/h2-4,12-13,15,17,19,21,27H,5-11,14H2,1H3,(H,23,28)/t17-,19-,21+/m0/s1. The SMILES string of the molecule is COc1cccc(-c2cn(CC[C@@H]3CC[C@H](NC(=O)CC4CC4)[C@@H](CO)O3)nn2)c1. The highest BCUT2D eigenvalue weighted by atomic mass is 16.5. The highest BCUT2D eigenvalue weighted by Gasteiger charge is 2.33.